The van der Waals surface area contributed by atoms with E-state index in [9.17, 15) is 23.1 Å². The monoisotopic (exact) mass is 718 g/mol. The molecule has 1 aliphatic heterocycles. The minimum atomic E-state index is -4.05. The fourth-order valence-corrected chi connectivity index (χ4v) is 8.63. The van der Waals surface area contributed by atoms with Gasteiger partial charge in [-0.3, -0.25) is 9.78 Å². The van der Waals surface area contributed by atoms with Crippen molar-refractivity contribution in [1.82, 2.24) is 24.4 Å². The van der Waals surface area contributed by atoms with Crippen molar-refractivity contribution in [2.45, 2.75) is 82.0 Å². The van der Waals surface area contributed by atoms with Gasteiger partial charge >= 0.3 is 6.03 Å². The molecule has 4 atom stereocenters. The van der Waals surface area contributed by atoms with Gasteiger partial charge in [-0.25, -0.2) is 13.2 Å². The maximum absolute atomic E-state index is 14.3. The van der Waals surface area contributed by atoms with E-state index < -0.39 is 28.2 Å². The molecular formula is C38H50N6O6S. The highest BCUT2D eigenvalue weighted by Gasteiger charge is 2.41. The number of urea groups is 1. The Hall–Kier alpha value is -4.33. The molecule has 12 nitrogen and oxygen atoms in total. The average Bonchev–Trinajstić information content (AvgIpc) is 3.78. The first kappa shape index (κ1) is 37.9. The van der Waals surface area contributed by atoms with Gasteiger partial charge in [0.2, 0.25) is 15.9 Å². The molecule has 13 heteroatoms. The molecule has 1 saturated carbocycles. The predicted molar refractivity (Wildman–Crippen MR) is 195 cm³/mol. The summed E-state index contributed by atoms with van der Waals surface area (Å²) in [6.07, 6.45) is 8.11. The first-order chi connectivity index (χ1) is 24.6. The summed E-state index contributed by atoms with van der Waals surface area (Å²) in [4.78, 5) is 35.6. The number of aliphatic hydroxyl groups is 1. The highest BCUT2D eigenvalue weighted by Crippen LogP contribution is 2.29. The predicted octanol–water partition coefficient (Wildman–Crippen LogP) is 4.51. The molecule has 3 N–H and O–H groups in total. The minimum Gasteiger partial charge on any atom is -0.411 e. The van der Waals surface area contributed by atoms with Crippen molar-refractivity contribution in [2.75, 3.05) is 26.2 Å². The van der Waals surface area contributed by atoms with Crippen LogP contribution in [0.4, 0.5) is 4.79 Å². The number of aromatic nitrogens is 1. The number of pyridine rings is 1. The normalized spacial score (nSPS) is 18.0. The van der Waals surface area contributed by atoms with E-state index in [4.69, 9.17) is 5.21 Å². The molecule has 2 aliphatic rings. The summed E-state index contributed by atoms with van der Waals surface area (Å²) < 4.78 is 29.6. The molecule has 3 amide bonds. The lowest BCUT2D eigenvalue weighted by Crippen LogP contribution is -2.57. The number of nitrogens with one attached hydrogen (secondary N) is 1. The molecule has 2 fully saturated rings. The van der Waals surface area contributed by atoms with Crippen molar-refractivity contribution in [3.05, 3.63) is 95.8 Å². The van der Waals surface area contributed by atoms with Crippen molar-refractivity contribution < 1.29 is 28.3 Å². The highest BCUT2D eigenvalue weighted by atomic mass is 32.2. The maximum Gasteiger partial charge on any atom is 0.321 e. The van der Waals surface area contributed by atoms with Gasteiger partial charge in [0.15, 0.2) is 0 Å². The van der Waals surface area contributed by atoms with Gasteiger partial charge in [0.05, 0.1) is 23.3 Å². The Morgan fingerprint density at radius 1 is 1.06 bits per heavy atom. The van der Waals surface area contributed by atoms with Crippen molar-refractivity contribution >= 4 is 28.2 Å². The number of carbonyl (C=O) groups is 2. The maximum atomic E-state index is 14.3. The Labute approximate surface area is 301 Å². The Morgan fingerprint density at radius 2 is 1.76 bits per heavy atom. The van der Waals surface area contributed by atoms with Gasteiger partial charge in [-0.2, -0.15) is 4.31 Å². The van der Waals surface area contributed by atoms with E-state index in [-0.39, 0.29) is 48.2 Å². The lowest BCUT2D eigenvalue weighted by atomic mass is 9.95. The number of benzene rings is 2. The number of rotatable bonds is 17. The van der Waals surface area contributed by atoms with Crippen molar-refractivity contribution in [2.24, 2.45) is 17.0 Å². The minimum absolute atomic E-state index is 0.0617. The van der Waals surface area contributed by atoms with E-state index in [2.05, 4.69) is 15.5 Å². The Balaban J connectivity index is 1.39. The van der Waals surface area contributed by atoms with E-state index in [0.29, 0.717) is 31.6 Å². The number of hydrogen-bond acceptors (Lipinski definition) is 8. The zero-order valence-corrected chi connectivity index (χ0v) is 30.2. The number of hydrogen-bond donors (Lipinski definition) is 3. The zero-order chi connectivity index (χ0) is 36.4. The molecule has 2 heterocycles. The summed E-state index contributed by atoms with van der Waals surface area (Å²) in [5.41, 5.74) is 2.31. The average molecular weight is 719 g/mol. The quantitative estimate of drug-likeness (QED) is 0.105. The van der Waals surface area contributed by atoms with Crippen LogP contribution in [0.3, 0.4) is 0 Å². The first-order valence-electron chi connectivity index (χ1n) is 17.8. The standard InChI is InChI=1S/C38H50N6O6S/c1-3-28(2)36(44-21-20-42(38(44)47)25-32-14-9-19-39-23-32)37(46)41-34(22-29-10-5-4-6-11-29)35(45)27-43(26-31-12-7-8-13-31)51(49,50)33-17-15-30(16-18-33)24-40-48/h4-6,9-11,14-19,23-24,28,31,34-36,45,48H,3,7-8,12-13,20-22,25-27H2,1-2H3,(H,41,46)/b40-24+/t28-,34-,35+,36-/m0/s1. The molecule has 5 rings (SSSR count). The number of aliphatic hydroxyl groups excluding tert-OH is 1. The first-order valence-corrected chi connectivity index (χ1v) is 19.3. The van der Waals surface area contributed by atoms with Crippen LogP contribution in [0.5, 0.6) is 0 Å². The molecule has 1 saturated heterocycles. The lowest BCUT2D eigenvalue weighted by molar-refractivity contribution is -0.128. The summed E-state index contributed by atoms with van der Waals surface area (Å²) in [6.45, 7) is 5.16. The molecule has 3 aromatic rings. The number of nitrogens with zero attached hydrogens (tertiary/aromatic N) is 5. The van der Waals surface area contributed by atoms with Crippen LogP contribution < -0.4 is 5.32 Å². The molecule has 0 radical (unpaired) electrons. The van der Waals surface area contributed by atoms with E-state index in [0.717, 1.165) is 36.8 Å². The van der Waals surface area contributed by atoms with Gasteiger partial charge in [0, 0.05) is 45.1 Å². The molecule has 0 unspecified atom stereocenters. The molecule has 51 heavy (non-hydrogen) atoms. The summed E-state index contributed by atoms with van der Waals surface area (Å²) >= 11 is 0. The van der Waals surface area contributed by atoms with Crippen LogP contribution in [-0.2, 0) is 27.8 Å². The van der Waals surface area contributed by atoms with E-state index in [1.165, 1.54) is 22.7 Å². The molecule has 0 spiro atoms. The van der Waals surface area contributed by atoms with Gasteiger partial charge in [-0.15, -0.1) is 0 Å². The summed E-state index contributed by atoms with van der Waals surface area (Å²) in [5.74, 6) is -0.410. The van der Waals surface area contributed by atoms with Crippen LogP contribution in [0.25, 0.3) is 0 Å². The Bertz CT molecular complexity index is 1700. The second kappa shape index (κ2) is 17.7. The second-order valence-corrected chi connectivity index (χ2v) is 15.7. The van der Waals surface area contributed by atoms with Gasteiger partial charge in [-0.1, -0.05) is 86.8 Å². The smallest absolute Gasteiger partial charge is 0.321 e. The third-order valence-electron chi connectivity index (χ3n) is 10.2. The Morgan fingerprint density at radius 3 is 2.41 bits per heavy atom. The van der Waals surface area contributed by atoms with Crippen molar-refractivity contribution in [3.63, 3.8) is 0 Å². The second-order valence-electron chi connectivity index (χ2n) is 13.7. The fraction of sp³-hybridized carbons (Fsp3) is 0.474. The van der Waals surface area contributed by atoms with Crippen molar-refractivity contribution in [3.8, 4) is 0 Å². The van der Waals surface area contributed by atoms with Crippen LogP contribution in [0.1, 0.15) is 62.6 Å². The number of oxime groups is 1. The number of carbonyl (C=O) groups excluding carboxylic acids is 2. The molecule has 274 valence electrons. The van der Waals surface area contributed by atoms with E-state index in [1.807, 2.05) is 56.3 Å². The summed E-state index contributed by atoms with van der Waals surface area (Å²) in [6, 6.07) is 17.4. The fourth-order valence-electron chi connectivity index (χ4n) is 7.10. The highest BCUT2D eigenvalue weighted by molar-refractivity contribution is 7.89. The van der Waals surface area contributed by atoms with E-state index >= 15 is 0 Å². The van der Waals surface area contributed by atoms with Crippen LogP contribution in [0.15, 0.2) is 89.2 Å². The number of amides is 3. The lowest BCUT2D eigenvalue weighted by Gasteiger charge is -2.35. The number of sulfonamides is 1. The van der Waals surface area contributed by atoms with Crippen molar-refractivity contribution in [1.29, 1.82) is 0 Å². The summed E-state index contributed by atoms with van der Waals surface area (Å²) in [7, 11) is -4.05. The van der Waals surface area contributed by atoms with Gasteiger partial charge < -0.3 is 25.4 Å². The van der Waals surface area contributed by atoms with Crippen LogP contribution in [0, 0.1) is 11.8 Å². The van der Waals surface area contributed by atoms with Crippen LogP contribution in [-0.4, -0.2) is 100 Å². The van der Waals surface area contributed by atoms with Gasteiger partial charge in [0.25, 0.3) is 0 Å². The van der Waals surface area contributed by atoms with Gasteiger partial charge in [0.1, 0.15) is 6.04 Å². The Kier molecular flexibility index (Phi) is 13.2. The van der Waals surface area contributed by atoms with Gasteiger partial charge in [-0.05, 0) is 66.0 Å². The largest absolute Gasteiger partial charge is 0.411 e. The SMILES string of the molecule is CC[C@H](C)[C@@H](C(=O)N[C@@H](Cc1ccccc1)[C@H](O)CN(CC1CCCC1)S(=O)(=O)c1ccc(/C=N/O)cc1)N1CCN(Cc2cccnc2)C1=O. The third-order valence-corrected chi connectivity index (χ3v) is 12.0. The molecule has 1 aromatic heterocycles. The molecule has 0 bridgehead atoms. The molecular weight excluding hydrogens is 669 g/mol. The molecule has 1 aliphatic carbocycles. The summed E-state index contributed by atoms with van der Waals surface area (Å²) in [5, 5.41) is 26.9. The van der Waals surface area contributed by atoms with Crippen LogP contribution in [0.2, 0.25) is 0 Å². The van der Waals surface area contributed by atoms with Crippen LogP contribution >= 0.6 is 0 Å². The van der Waals surface area contributed by atoms with E-state index in [1.54, 1.807) is 34.3 Å². The zero-order valence-electron chi connectivity index (χ0n) is 29.4. The molecule has 2 aromatic carbocycles. The third kappa shape index (κ3) is 9.72. The topological polar surface area (TPSA) is 156 Å².